The van der Waals surface area contributed by atoms with E-state index in [1.54, 1.807) is 6.33 Å². The summed E-state index contributed by atoms with van der Waals surface area (Å²) in [5.41, 5.74) is 8.83. The molecule has 0 saturated carbocycles. The van der Waals surface area contributed by atoms with Gasteiger partial charge >= 0.3 is 0 Å². The van der Waals surface area contributed by atoms with Crippen molar-refractivity contribution in [1.29, 1.82) is 0 Å². The van der Waals surface area contributed by atoms with Crippen molar-refractivity contribution >= 4 is 22.7 Å². The zero-order chi connectivity index (χ0) is 23.5. The van der Waals surface area contributed by atoms with Gasteiger partial charge in [-0.05, 0) is 61.1 Å². The highest BCUT2D eigenvalue weighted by atomic mass is 15.0. The average molecular weight is 443 g/mol. The van der Waals surface area contributed by atoms with Crippen LogP contribution in [0.1, 0.15) is 38.8 Å². The van der Waals surface area contributed by atoms with Crippen LogP contribution in [0, 0.1) is 25.7 Å². The predicted octanol–water partition coefficient (Wildman–Crippen LogP) is 6.44. The van der Waals surface area contributed by atoms with Crippen LogP contribution < -0.4 is 10.6 Å². The number of aromatic amines is 1. The van der Waals surface area contributed by atoms with Gasteiger partial charge in [-0.15, -0.1) is 0 Å². The van der Waals surface area contributed by atoms with Crippen LogP contribution in [0.4, 0.5) is 11.6 Å². The van der Waals surface area contributed by atoms with E-state index < -0.39 is 0 Å². The Kier molecular flexibility index (Phi) is 6.63. The van der Waals surface area contributed by atoms with Crippen molar-refractivity contribution in [3.63, 3.8) is 0 Å². The topological polar surface area (TPSA) is 78.5 Å². The van der Waals surface area contributed by atoms with E-state index in [0.717, 1.165) is 58.0 Å². The van der Waals surface area contributed by atoms with E-state index in [2.05, 4.69) is 85.3 Å². The van der Waals surface area contributed by atoms with Crippen LogP contribution in [0.25, 0.3) is 33.3 Å². The molecular weight excluding hydrogens is 408 g/mol. The van der Waals surface area contributed by atoms with Crippen LogP contribution in [0.5, 0.6) is 0 Å². The number of hydrogen-bond donors (Lipinski definition) is 3. The Morgan fingerprint density at radius 2 is 1.24 bits per heavy atom. The summed E-state index contributed by atoms with van der Waals surface area (Å²) in [6.07, 6.45) is 5.66. The molecule has 0 aliphatic heterocycles. The number of rotatable bonds is 8. The lowest BCUT2D eigenvalue weighted by Crippen LogP contribution is -2.09. The number of imidazole rings is 1. The SMILES string of the molecule is Cc1c(C)c(-c2ccc(NCC(C)C)nc2)c2[nH]cnc2c1-c1ccc(NCC(C)C)nc1. The molecule has 0 unspecified atom stereocenters. The van der Waals surface area contributed by atoms with E-state index in [0.29, 0.717) is 11.8 Å². The van der Waals surface area contributed by atoms with Crippen LogP contribution in [0.15, 0.2) is 43.0 Å². The van der Waals surface area contributed by atoms with Gasteiger partial charge in [0.15, 0.2) is 0 Å². The number of hydrogen-bond acceptors (Lipinski definition) is 5. The summed E-state index contributed by atoms with van der Waals surface area (Å²) >= 11 is 0. The fourth-order valence-electron chi connectivity index (χ4n) is 4.04. The van der Waals surface area contributed by atoms with Crippen molar-refractivity contribution in [3.05, 3.63) is 54.1 Å². The number of aromatic nitrogens is 4. The Morgan fingerprint density at radius 3 is 1.73 bits per heavy atom. The lowest BCUT2D eigenvalue weighted by molar-refractivity contribution is 0.687. The van der Waals surface area contributed by atoms with E-state index in [-0.39, 0.29) is 0 Å². The van der Waals surface area contributed by atoms with Gasteiger partial charge in [-0.25, -0.2) is 15.0 Å². The molecule has 1 aromatic carbocycles. The Morgan fingerprint density at radius 1 is 0.727 bits per heavy atom. The van der Waals surface area contributed by atoms with Crippen molar-refractivity contribution in [2.45, 2.75) is 41.5 Å². The summed E-state index contributed by atoms with van der Waals surface area (Å²) in [7, 11) is 0. The van der Waals surface area contributed by atoms with Crippen LogP contribution in [-0.4, -0.2) is 33.0 Å². The van der Waals surface area contributed by atoms with E-state index in [9.17, 15) is 0 Å². The second-order valence-corrected chi connectivity index (χ2v) is 9.54. The highest BCUT2D eigenvalue weighted by Crippen LogP contribution is 2.39. The van der Waals surface area contributed by atoms with Gasteiger partial charge in [0.05, 0.1) is 17.4 Å². The predicted molar refractivity (Wildman–Crippen MR) is 139 cm³/mol. The zero-order valence-corrected chi connectivity index (χ0v) is 20.5. The maximum absolute atomic E-state index is 4.70. The summed E-state index contributed by atoms with van der Waals surface area (Å²) in [6, 6.07) is 8.36. The second kappa shape index (κ2) is 9.61. The van der Waals surface area contributed by atoms with E-state index in [4.69, 9.17) is 4.98 Å². The first-order valence-corrected chi connectivity index (χ1v) is 11.7. The first kappa shape index (κ1) is 22.8. The molecule has 0 bridgehead atoms. The maximum atomic E-state index is 4.70. The second-order valence-electron chi connectivity index (χ2n) is 9.54. The highest BCUT2D eigenvalue weighted by molar-refractivity contribution is 6.03. The summed E-state index contributed by atoms with van der Waals surface area (Å²) in [4.78, 5) is 17.4. The molecule has 0 aliphatic carbocycles. The first-order valence-electron chi connectivity index (χ1n) is 11.7. The Hall–Kier alpha value is -3.41. The third-order valence-electron chi connectivity index (χ3n) is 5.93. The van der Waals surface area contributed by atoms with Crippen molar-refractivity contribution in [2.75, 3.05) is 23.7 Å². The van der Waals surface area contributed by atoms with Crippen LogP contribution in [0.3, 0.4) is 0 Å². The molecule has 0 spiro atoms. The van der Waals surface area contributed by atoms with Crippen molar-refractivity contribution < 1.29 is 0 Å². The van der Waals surface area contributed by atoms with Gasteiger partial charge in [-0.2, -0.15) is 0 Å². The van der Waals surface area contributed by atoms with E-state index in [1.807, 2.05) is 18.5 Å². The largest absolute Gasteiger partial charge is 0.370 e. The molecule has 3 N–H and O–H groups in total. The normalized spacial score (nSPS) is 11.5. The quantitative estimate of drug-likeness (QED) is 0.293. The molecule has 33 heavy (non-hydrogen) atoms. The molecule has 0 saturated heterocycles. The molecule has 0 aliphatic rings. The van der Waals surface area contributed by atoms with Gasteiger partial charge < -0.3 is 15.6 Å². The van der Waals surface area contributed by atoms with Gasteiger partial charge in [-0.3, -0.25) is 0 Å². The smallest absolute Gasteiger partial charge is 0.125 e. The average Bonchev–Trinajstić information content (AvgIpc) is 3.27. The number of anilines is 2. The van der Waals surface area contributed by atoms with Crippen LogP contribution in [-0.2, 0) is 0 Å². The van der Waals surface area contributed by atoms with Gasteiger partial charge in [0, 0.05) is 47.7 Å². The van der Waals surface area contributed by atoms with Crippen molar-refractivity contribution in [1.82, 2.24) is 19.9 Å². The highest BCUT2D eigenvalue weighted by Gasteiger charge is 2.19. The lowest BCUT2D eigenvalue weighted by Gasteiger charge is -2.17. The summed E-state index contributed by atoms with van der Waals surface area (Å²) in [5.74, 6) is 2.94. The molecule has 6 heteroatoms. The molecule has 4 rings (SSSR count). The van der Waals surface area contributed by atoms with Crippen LogP contribution >= 0.6 is 0 Å². The number of nitrogens with one attached hydrogen (secondary N) is 3. The van der Waals surface area contributed by atoms with Gasteiger partial charge in [0.1, 0.15) is 11.6 Å². The number of fused-ring (bicyclic) bond motifs is 1. The number of benzene rings is 1. The molecule has 172 valence electrons. The fraction of sp³-hybridized carbons (Fsp3) is 0.370. The third kappa shape index (κ3) is 4.85. The summed E-state index contributed by atoms with van der Waals surface area (Å²) < 4.78 is 0. The summed E-state index contributed by atoms with van der Waals surface area (Å²) in [6.45, 7) is 14.9. The Bertz CT molecular complexity index is 1120. The summed E-state index contributed by atoms with van der Waals surface area (Å²) in [5, 5.41) is 6.77. The zero-order valence-electron chi connectivity index (χ0n) is 20.5. The fourth-order valence-corrected chi connectivity index (χ4v) is 4.04. The monoisotopic (exact) mass is 442 g/mol. The third-order valence-corrected chi connectivity index (χ3v) is 5.93. The first-order chi connectivity index (χ1) is 15.8. The molecular formula is C27H34N6. The van der Waals surface area contributed by atoms with Gasteiger partial charge in [0.25, 0.3) is 0 Å². The van der Waals surface area contributed by atoms with Crippen molar-refractivity contribution in [2.24, 2.45) is 11.8 Å². The molecule has 0 atom stereocenters. The minimum absolute atomic E-state index is 0.571. The van der Waals surface area contributed by atoms with E-state index >= 15 is 0 Å². The Labute approximate surface area is 196 Å². The molecule has 4 aromatic rings. The van der Waals surface area contributed by atoms with Crippen LogP contribution in [0.2, 0.25) is 0 Å². The number of H-pyrrole nitrogens is 1. The molecule has 3 heterocycles. The van der Waals surface area contributed by atoms with Gasteiger partial charge in [-0.1, -0.05) is 27.7 Å². The number of pyridine rings is 2. The maximum Gasteiger partial charge on any atom is 0.125 e. The van der Waals surface area contributed by atoms with E-state index in [1.165, 1.54) is 11.1 Å². The Balaban J connectivity index is 1.72. The molecule has 0 amide bonds. The van der Waals surface area contributed by atoms with Crippen molar-refractivity contribution in [3.8, 4) is 22.3 Å². The number of nitrogens with zero attached hydrogens (tertiary/aromatic N) is 3. The molecule has 6 nitrogen and oxygen atoms in total. The molecule has 0 fully saturated rings. The standard InChI is InChI=1S/C27H34N6/c1-16(2)11-28-22-9-7-20(13-30-22)24-18(5)19(6)25(27-26(24)32-15-33-27)21-8-10-23(31-14-21)29-12-17(3)4/h7-10,13-17H,11-12H2,1-6H3,(H,28,30)(H,29,31)(H,32,33). The molecule has 3 aromatic heterocycles. The van der Waals surface area contributed by atoms with Gasteiger partial charge in [0.2, 0.25) is 0 Å². The lowest BCUT2D eigenvalue weighted by atomic mass is 9.89. The molecule has 0 radical (unpaired) electrons. The minimum Gasteiger partial charge on any atom is -0.370 e. The minimum atomic E-state index is 0.571.